The van der Waals surface area contributed by atoms with Crippen molar-refractivity contribution >= 4 is 16.0 Å². The Morgan fingerprint density at radius 2 is 1.93 bits per heavy atom. The summed E-state index contributed by atoms with van der Waals surface area (Å²) in [4.78, 5) is 7.29. The second kappa shape index (κ2) is 8.19. The van der Waals surface area contributed by atoms with E-state index in [4.69, 9.17) is 4.99 Å². The number of rotatable bonds is 5. The van der Waals surface area contributed by atoms with Gasteiger partial charge in [0.15, 0.2) is 5.96 Å². The molecule has 6 nitrogen and oxygen atoms in total. The highest BCUT2D eigenvalue weighted by Crippen LogP contribution is 2.28. The Kier molecular flexibility index (Phi) is 6.58. The molecule has 0 bridgehead atoms. The topological polar surface area (TPSA) is 73.8 Å². The summed E-state index contributed by atoms with van der Waals surface area (Å²) in [5, 5.41) is 3.34. The van der Waals surface area contributed by atoms with Crippen LogP contribution >= 0.6 is 0 Å². The number of sulfonamides is 1. The maximum absolute atomic E-state index is 12.8. The van der Waals surface area contributed by atoms with Gasteiger partial charge in [-0.2, -0.15) is 0 Å². The lowest BCUT2D eigenvalue weighted by Gasteiger charge is -2.24. The molecule has 7 heteroatoms. The third-order valence-electron chi connectivity index (χ3n) is 4.41. The molecule has 0 spiro atoms. The molecule has 0 aromatic heterocycles. The Morgan fingerprint density at radius 1 is 1.26 bits per heavy atom. The van der Waals surface area contributed by atoms with Crippen LogP contribution in [-0.2, 0) is 16.6 Å². The summed E-state index contributed by atoms with van der Waals surface area (Å²) in [5.74, 6) is 0.846. The largest absolute Gasteiger partial charge is 0.357 e. The average Bonchev–Trinajstić information content (AvgIpc) is 2.89. The van der Waals surface area contributed by atoms with Crippen LogP contribution in [0.4, 0.5) is 0 Å². The summed E-state index contributed by atoms with van der Waals surface area (Å²) in [6.07, 6.45) is 1.12. The number of benzene rings is 1. The van der Waals surface area contributed by atoms with Crippen LogP contribution in [0.1, 0.15) is 53.5 Å². The first-order valence-corrected chi connectivity index (χ1v) is 11.1. The molecule has 0 amide bonds. The average molecular weight is 395 g/mol. The van der Waals surface area contributed by atoms with E-state index in [1.54, 1.807) is 12.1 Å². The zero-order valence-corrected chi connectivity index (χ0v) is 18.3. The highest BCUT2D eigenvalue weighted by molar-refractivity contribution is 7.89. The Bertz CT molecular complexity index is 779. The van der Waals surface area contributed by atoms with Crippen molar-refractivity contribution in [1.82, 2.24) is 14.9 Å². The van der Waals surface area contributed by atoms with Crippen molar-refractivity contribution in [3.8, 4) is 0 Å². The normalized spacial score (nSPS) is 18.0. The Morgan fingerprint density at radius 3 is 2.48 bits per heavy atom. The lowest BCUT2D eigenvalue weighted by molar-refractivity contribution is 0.370. The molecule has 0 aliphatic carbocycles. The van der Waals surface area contributed by atoms with E-state index in [1.165, 1.54) is 0 Å². The molecule has 1 heterocycles. The van der Waals surface area contributed by atoms with Gasteiger partial charge in [-0.1, -0.05) is 32.0 Å². The zero-order valence-electron chi connectivity index (χ0n) is 17.5. The van der Waals surface area contributed by atoms with E-state index in [0.29, 0.717) is 17.0 Å². The van der Waals surface area contributed by atoms with Crippen molar-refractivity contribution in [3.05, 3.63) is 29.8 Å². The lowest BCUT2D eigenvalue weighted by atomic mass is 9.93. The van der Waals surface area contributed by atoms with Crippen LogP contribution in [0.2, 0.25) is 0 Å². The fraction of sp³-hybridized carbons (Fsp3) is 0.650. The highest BCUT2D eigenvalue weighted by Gasteiger charge is 2.31. The molecule has 2 rings (SSSR count). The minimum Gasteiger partial charge on any atom is -0.357 e. The standard InChI is InChI=1S/C20H34N4O2S/c1-7-21-18(24-13-12-20(5,6)15-24)22-14-16-10-8-9-11-17(16)27(25,26)23-19(2,3)4/h8-11,23H,7,12-15H2,1-6H3,(H,21,22). The summed E-state index contributed by atoms with van der Waals surface area (Å²) in [7, 11) is -3.60. The lowest BCUT2D eigenvalue weighted by Crippen LogP contribution is -2.41. The molecule has 1 aliphatic heterocycles. The smallest absolute Gasteiger partial charge is 0.241 e. The summed E-state index contributed by atoms with van der Waals surface area (Å²) in [6.45, 7) is 15.1. The molecule has 1 aromatic carbocycles. The van der Waals surface area contributed by atoms with Gasteiger partial charge in [-0.05, 0) is 51.2 Å². The summed E-state index contributed by atoms with van der Waals surface area (Å²) >= 11 is 0. The number of hydrogen-bond donors (Lipinski definition) is 2. The van der Waals surface area contributed by atoms with E-state index in [9.17, 15) is 8.42 Å². The Labute approximate surface area is 164 Å². The second-order valence-electron chi connectivity index (χ2n) is 8.97. The zero-order chi connectivity index (χ0) is 20.3. The summed E-state index contributed by atoms with van der Waals surface area (Å²) < 4.78 is 28.3. The van der Waals surface area contributed by atoms with Gasteiger partial charge in [0.2, 0.25) is 10.0 Å². The molecule has 1 saturated heterocycles. The van der Waals surface area contributed by atoms with Crippen molar-refractivity contribution in [1.29, 1.82) is 0 Å². The SMILES string of the molecule is CCNC(=NCc1ccccc1S(=O)(=O)NC(C)(C)C)N1CCC(C)(C)C1. The molecule has 2 N–H and O–H groups in total. The van der Waals surface area contributed by atoms with Crippen molar-refractivity contribution in [2.75, 3.05) is 19.6 Å². The van der Waals surface area contributed by atoms with E-state index in [1.807, 2.05) is 39.8 Å². The molecular formula is C20H34N4O2S. The van der Waals surface area contributed by atoms with E-state index < -0.39 is 15.6 Å². The van der Waals surface area contributed by atoms with Crippen LogP contribution in [0.25, 0.3) is 0 Å². The monoisotopic (exact) mass is 394 g/mol. The number of nitrogens with zero attached hydrogens (tertiary/aromatic N) is 2. The number of hydrogen-bond acceptors (Lipinski definition) is 3. The molecule has 27 heavy (non-hydrogen) atoms. The van der Waals surface area contributed by atoms with E-state index in [-0.39, 0.29) is 5.41 Å². The van der Waals surface area contributed by atoms with E-state index in [2.05, 4.69) is 28.8 Å². The van der Waals surface area contributed by atoms with Crippen molar-refractivity contribution < 1.29 is 8.42 Å². The first-order chi connectivity index (χ1) is 12.4. The predicted molar refractivity (Wildman–Crippen MR) is 111 cm³/mol. The van der Waals surface area contributed by atoms with Gasteiger partial charge in [0.05, 0.1) is 11.4 Å². The van der Waals surface area contributed by atoms with Crippen LogP contribution in [-0.4, -0.2) is 44.5 Å². The van der Waals surface area contributed by atoms with Crippen LogP contribution < -0.4 is 10.0 Å². The van der Waals surface area contributed by atoms with Gasteiger partial charge >= 0.3 is 0 Å². The number of likely N-dealkylation sites (tertiary alicyclic amines) is 1. The van der Waals surface area contributed by atoms with Gasteiger partial charge in [0, 0.05) is 25.2 Å². The van der Waals surface area contributed by atoms with Gasteiger partial charge in [-0.3, -0.25) is 0 Å². The maximum atomic E-state index is 12.8. The Hall–Kier alpha value is -1.60. The van der Waals surface area contributed by atoms with Crippen LogP contribution in [0, 0.1) is 5.41 Å². The molecule has 1 aromatic rings. The highest BCUT2D eigenvalue weighted by atomic mass is 32.2. The molecule has 152 valence electrons. The van der Waals surface area contributed by atoms with Crippen molar-refractivity contribution in [3.63, 3.8) is 0 Å². The molecule has 0 saturated carbocycles. The fourth-order valence-corrected chi connectivity index (χ4v) is 4.89. The molecule has 0 atom stereocenters. The summed E-state index contributed by atoms with van der Waals surface area (Å²) in [6, 6.07) is 7.08. The van der Waals surface area contributed by atoms with Gasteiger partial charge in [-0.25, -0.2) is 18.1 Å². The molecular weight excluding hydrogens is 360 g/mol. The number of nitrogens with one attached hydrogen (secondary N) is 2. The first-order valence-electron chi connectivity index (χ1n) is 9.59. The second-order valence-corrected chi connectivity index (χ2v) is 10.6. The maximum Gasteiger partial charge on any atom is 0.241 e. The first kappa shape index (κ1) is 21.7. The van der Waals surface area contributed by atoms with Crippen LogP contribution in [0.5, 0.6) is 0 Å². The third-order valence-corrected chi connectivity index (χ3v) is 6.27. The van der Waals surface area contributed by atoms with Gasteiger partial charge in [0.1, 0.15) is 0 Å². The van der Waals surface area contributed by atoms with E-state index in [0.717, 1.165) is 32.0 Å². The van der Waals surface area contributed by atoms with Gasteiger partial charge in [0.25, 0.3) is 0 Å². The van der Waals surface area contributed by atoms with Gasteiger partial charge < -0.3 is 10.2 Å². The number of guanidine groups is 1. The summed E-state index contributed by atoms with van der Waals surface area (Å²) in [5.41, 5.74) is 0.433. The van der Waals surface area contributed by atoms with Crippen LogP contribution in [0.3, 0.4) is 0 Å². The predicted octanol–water partition coefficient (Wildman–Crippen LogP) is 2.96. The van der Waals surface area contributed by atoms with Crippen LogP contribution in [0.15, 0.2) is 34.2 Å². The minimum absolute atomic E-state index is 0.272. The minimum atomic E-state index is -3.60. The fourth-order valence-electron chi connectivity index (χ4n) is 3.23. The van der Waals surface area contributed by atoms with Crippen molar-refractivity contribution in [2.45, 2.75) is 64.9 Å². The molecule has 0 radical (unpaired) electrons. The van der Waals surface area contributed by atoms with E-state index >= 15 is 0 Å². The molecule has 0 unspecified atom stereocenters. The number of aliphatic imine (C=N–C) groups is 1. The molecule has 1 aliphatic rings. The quantitative estimate of drug-likeness (QED) is 0.595. The third kappa shape index (κ3) is 6.21. The van der Waals surface area contributed by atoms with Gasteiger partial charge in [-0.15, -0.1) is 0 Å². The van der Waals surface area contributed by atoms with Crippen molar-refractivity contribution in [2.24, 2.45) is 10.4 Å². The Balaban J connectivity index is 2.27. The molecule has 1 fully saturated rings.